The highest BCUT2D eigenvalue weighted by Crippen LogP contribution is 2.18. The van der Waals surface area contributed by atoms with Crippen molar-refractivity contribution in [3.05, 3.63) is 0 Å². The average molecular weight is 313 g/mol. The van der Waals surface area contributed by atoms with Crippen LogP contribution in [0.3, 0.4) is 0 Å². The first-order chi connectivity index (χ1) is 10.7. The molecule has 2 N–H and O–H groups in total. The van der Waals surface area contributed by atoms with Gasteiger partial charge in [-0.2, -0.15) is 0 Å². The van der Waals surface area contributed by atoms with E-state index in [1.54, 1.807) is 16.7 Å². The minimum Gasteiger partial charge on any atom is -0.450 e. The molecule has 2 saturated heterocycles. The van der Waals surface area contributed by atoms with Crippen molar-refractivity contribution >= 4 is 12.1 Å². The predicted molar refractivity (Wildman–Crippen MR) is 81.6 cm³/mol. The van der Waals surface area contributed by atoms with E-state index in [4.69, 9.17) is 4.74 Å². The van der Waals surface area contributed by atoms with Gasteiger partial charge in [-0.15, -0.1) is 0 Å². The number of hydrogen-bond donors (Lipinski definition) is 2. The third-order valence-corrected chi connectivity index (χ3v) is 4.45. The highest BCUT2D eigenvalue weighted by molar-refractivity contribution is 5.75. The molecule has 22 heavy (non-hydrogen) atoms. The lowest BCUT2D eigenvalue weighted by molar-refractivity contribution is 0.0902. The summed E-state index contributed by atoms with van der Waals surface area (Å²) >= 11 is 0. The number of nitrogens with zero attached hydrogens (tertiary/aromatic N) is 2. The summed E-state index contributed by atoms with van der Waals surface area (Å²) in [5, 5.41) is 12.4. The Morgan fingerprint density at radius 3 is 2.55 bits per heavy atom. The van der Waals surface area contributed by atoms with E-state index in [9.17, 15) is 14.7 Å². The monoisotopic (exact) mass is 313 g/mol. The van der Waals surface area contributed by atoms with E-state index < -0.39 is 0 Å². The molecule has 0 aromatic heterocycles. The Bertz CT molecular complexity index is 383. The molecule has 7 nitrogen and oxygen atoms in total. The Morgan fingerprint density at radius 2 is 1.91 bits per heavy atom. The number of aliphatic hydroxyl groups excluding tert-OH is 1. The topological polar surface area (TPSA) is 82.1 Å². The van der Waals surface area contributed by atoms with Crippen molar-refractivity contribution in [1.29, 1.82) is 0 Å². The second-order valence-electron chi connectivity index (χ2n) is 5.94. The Labute approximate surface area is 131 Å². The minimum atomic E-state index is -0.274. The molecule has 2 rings (SSSR count). The number of aliphatic hydroxyl groups is 1. The van der Waals surface area contributed by atoms with Gasteiger partial charge in [0.2, 0.25) is 0 Å². The van der Waals surface area contributed by atoms with Crippen LogP contribution in [0.15, 0.2) is 0 Å². The molecule has 0 bridgehead atoms. The van der Waals surface area contributed by atoms with E-state index in [-0.39, 0.29) is 30.8 Å². The van der Waals surface area contributed by atoms with Crippen LogP contribution in [0, 0.1) is 0 Å². The number of carbonyl (C=O) groups excluding carboxylic acids is 2. The van der Waals surface area contributed by atoms with E-state index in [0.29, 0.717) is 26.2 Å². The van der Waals surface area contributed by atoms with E-state index in [2.05, 4.69) is 5.32 Å². The number of piperidine rings is 2. The SMILES string of the molecule is CCOC(=O)N1CCC(NC(=O)N2CCCCC2CO)CC1. The molecule has 2 heterocycles. The molecule has 2 fully saturated rings. The minimum absolute atomic E-state index is 0.0225. The number of rotatable bonds is 3. The molecule has 0 spiro atoms. The van der Waals surface area contributed by atoms with Gasteiger partial charge in [-0.3, -0.25) is 0 Å². The fourth-order valence-electron chi connectivity index (χ4n) is 3.14. The summed E-state index contributed by atoms with van der Waals surface area (Å²) < 4.78 is 4.99. The number of ether oxygens (including phenoxy) is 1. The number of hydrogen-bond acceptors (Lipinski definition) is 4. The summed E-state index contributed by atoms with van der Waals surface area (Å²) in [5.41, 5.74) is 0. The third-order valence-electron chi connectivity index (χ3n) is 4.45. The van der Waals surface area contributed by atoms with E-state index in [1.165, 1.54) is 0 Å². The van der Waals surface area contributed by atoms with Gasteiger partial charge in [-0.05, 0) is 39.0 Å². The van der Waals surface area contributed by atoms with Gasteiger partial charge in [0.15, 0.2) is 0 Å². The first-order valence-corrected chi connectivity index (χ1v) is 8.25. The van der Waals surface area contributed by atoms with Crippen LogP contribution >= 0.6 is 0 Å². The summed E-state index contributed by atoms with van der Waals surface area (Å²) in [5.74, 6) is 0. The summed E-state index contributed by atoms with van der Waals surface area (Å²) in [7, 11) is 0. The van der Waals surface area contributed by atoms with E-state index in [0.717, 1.165) is 32.1 Å². The Morgan fingerprint density at radius 1 is 1.18 bits per heavy atom. The Kier molecular flexibility index (Phi) is 6.30. The average Bonchev–Trinajstić information content (AvgIpc) is 2.55. The van der Waals surface area contributed by atoms with Crippen LogP contribution in [0.5, 0.6) is 0 Å². The number of amides is 3. The molecule has 0 radical (unpaired) electrons. The number of likely N-dealkylation sites (tertiary alicyclic amines) is 2. The lowest BCUT2D eigenvalue weighted by Crippen LogP contribution is -2.54. The molecule has 0 aliphatic carbocycles. The smallest absolute Gasteiger partial charge is 0.409 e. The van der Waals surface area contributed by atoms with Crippen molar-refractivity contribution in [3.8, 4) is 0 Å². The maximum absolute atomic E-state index is 12.4. The molecule has 1 atom stereocenters. The first kappa shape index (κ1) is 16.9. The fourth-order valence-corrected chi connectivity index (χ4v) is 3.14. The molecular formula is C15H27N3O4. The third kappa shape index (κ3) is 4.25. The van der Waals surface area contributed by atoms with Crippen LogP contribution in [0.4, 0.5) is 9.59 Å². The molecular weight excluding hydrogens is 286 g/mol. The molecule has 126 valence electrons. The molecule has 0 aromatic rings. The van der Waals surface area contributed by atoms with Crippen LogP contribution in [0.25, 0.3) is 0 Å². The normalized spacial score (nSPS) is 23.3. The molecule has 7 heteroatoms. The van der Waals surface area contributed by atoms with Crippen molar-refractivity contribution in [3.63, 3.8) is 0 Å². The summed E-state index contributed by atoms with van der Waals surface area (Å²) in [4.78, 5) is 27.4. The number of nitrogens with one attached hydrogen (secondary N) is 1. The van der Waals surface area contributed by atoms with Crippen molar-refractivity contribution < 1.29 is 19.4 Å². The predicted octanol–water partition coefficient (Wildman–Crippen LogP) is 1.16. The van der Waals surface area contributed by atoms with Crippen LogP contribution in [0.2, 0.25) is 0 Å². The van der Waals surface area contributed by atoms with Crippen molar-refractivity contribution in [2.24, 2.45) is 0 Å². The number of carbonyl (C=O) groups is 2. The summed E-state index contributed by atoms with van der Waals surface area (Å²) in [6.45, 7) is 4.11. The lowest BCUT2D eigenvalue weighted by atomic mass is 10.0. The van der Waals surface area contributed by atoms with Crippen molar-refractivity contribution in [2.45, 2.75) is 51.1 Å². The van der Waals surface area contributed by atoms with Gasteiger partial charge in [0.05, 0.1) is 19.3 Å². The zero-order valence-electron chi connectivity index (χ0n) is 13.3. The van der Waals surface area contributed by atoms with E-state index in [1.807, 2.05) is 0 Å². The van der Waals surface area contributed by atoms with Gasteiger partial charge in [0, 0.05) is 25.7 Å². The van der Waals surface area contributed by atoms with Crippen molar-refractivity contribution in [2.75, 3.05) is 32.8 Å². The fraction of sp³-hybridized carbons (Fsp3) is 0.867. The Hall–Kier alpha value is -1.50. The number of urea groups is 1. The largest absolute Gasteiger partial charge is 0.450 e. The molecule has 3 amide bonds. The van der Waals surface area contributed by atoms with Gasteiger partial charge in [-0.1, -0.05) is 0 Å². The summed E-state index contributed by atoms with van der Waals surface area (Å²) in [6.07, 6.45) is 4.12. The quantitative estimate of drug-likeness (QED) is 0.819. The maximum atomic E-state index is 12.4. The zero-order chi connectivity index (χ0) is 15.9. The van der Waals surface area contributed by atoms with Crippen LogP contribution in [0.1, 0.15) is 39.0 Å². The first-order valence-electron chi connectivity index (χ1n) is 8.25. The molecule has 2 aliphatic rings. The second-order valence-corrected chi connectivity index (χ2v) is 5.94. The standard InChI is InChI=1S/C15H27N3O4/c1-2-22-15(21)17-9-6-12(7-10-17)16-14(20)18-8-4-3-5-13(18)11-19/h12-13,19H,2-11H2,1H3,(H,16,20). The second kappa shape index (κ2) is 8.22. The van der Waals surface area contributed by atoms with Crippen molar-refractivity contribution in [1.82, 2.24) is 15.1 Å². The highest BCUT2D eigenvalue weighted by Gasteiger charge is 2.29. The lowest BCUT2D eigenvalue weighted by Gasteiger charge is -2.37. The van der Waals surface area contributed by atoms with Crippen LogP contribution < -0.4 is 5.32 Å². The molecule has 0 saturated carbocycles. The zero-order valence-corrected chi connectivity index (χ0v) is 13.3. The van der Waals surface area contributed by atoms with E-state index >= 15 is 0 Å². The van der Waals surface area contributed by atoms with Gasteiger partial charge < -0.3 is 25.0 Å². The molecule has 2 aliphatic heterocycles. The molecule has 1 unspecified atom stereocenters. The maximum Gasteiger partial charge on any atom is 0.409 e. The van der Waals surface area contributed by atoms with Gasteiger partial charge in [0.25, 0.3) is 0 Å². The van der Waals surface area contributed by atoms with Gasteiger partial charge in [-0.25, -0.2) is 9.59 Å². The highest BCUT2D eigenvalue weighted by atomic mass is 16.6. The van der Waals surface area contributed by atoms with Crippen LogP contribution in [-0.4, -0.2) is 72.0 Å². The Balaban J connectivity index is 1.77. The summed E-state index contributed by atoms with van der Waals surface area (Å²) in [6, 6.07) is -0.0684. The van der Waals surface area contributed by atoms with Gasteiger partial charge >= 0.3 is 12.1 Å². The van der Waals surface area contributed by atoms with Gasteiger partial charge in [0.1, 0.15) is 0 Å². The van der Waals surface area contributed by atoms with Crippen LogP contribution in [-0.2, 0) is 4.74 Å². The molecule has 0 aromatic carbocycles.